The van der Waals surface area contributed by atoms with Crippen LogP contribution < -0.4 is 14.8 Å². The van der Waals surface area contributed by atoms with E-state index in [9.17, 15) is 10.1 Å². The second-order valence-electron chi connectivity index (χ2n) is 5.34. The predicted molar refractivity (Wildman–Crippen MR) is 90.6 cm³/mol. The molecular weight excluding hydrogens is 304 g/mol. The number of hydrogen-bond acceptors (Lipinski definition) is 4. The van der Waals surface area contributed by atoms with Crippen LogP contribution in [0.1, 0.15) is 18.5 Å². The number of hydrogen-bond donors (Lipinski definition) is 1. The highest BCUT2D eigenvalue weighted by Crippen LogP contribution is 2.24. The molecule has 5 nitrogen and oxygen atoms in total. The van der Waals surface area contributed by atoms with Crippen molar-refractivity contribution in [2.75, 3.05) is 13.7 Å². The number of nitrogens with zero attached hydrogens (tertiary/aromatic N) is 1. The summed E-state index contributed by atoms with van der Waals surface area (Å²) in [6.07, 6.45) is 0. The van der Waals surface area contributed by atoms with E-state index in [0.717, 1.165) is 0 Å². The van der Waals surface area contributed by atoms with Crippen molar-refractivity contribution in [2.45, 2.75) is 13.0 Å². The van der Waals surface area contributed by atoms with Gasteiger partial charge in [0.15, 0.2) is 0 Å². The van der Waals surface area contributed by atoms with Gasteiger partial charge in [-0.25, -0.2) is 0 Å². The summed E-state index contributed by atoms with van der Waals surface area (Å²) < 4.78 is 10.8. The molecule has 2 rings (SSSR count). The van der Waals surface area contributed by atoms with Crippen molar-refractivity contribution in [1.29, 1.82) is 5.26 Å². The number of carbonyl (C=O) groups is 1. The van der Waals surface area contributed by atoms with Crippen LogP contribution in [0.3, 0.4) is 0 Å². The third kappa shape index (κ3) is 4.50. The number of rotatable bonds is 7. The molecule has 0 aliphatic rings. The number of carbonyl (C=O) groups excluding carboxylic acids is 1. The number of ether oxygens (including phenoxy) is 2. The van der Waals surface area contributed by atoms with E-state index < -0.39 is 12.0 Å². The Bertz CT molecular complexity index is 710. The highest BCUT2D eigenvalue weighted by Gasteiger charge is 2.21. The summed E-state index contributed by atoms with van der Waals surface area (Å²) in [5, 5.41) is 12.1. The largest absolute Gasteiger partial charge is 0.496 e. The monoisotopic (exact) mass is 324 g/mol. The van der Waals surface area contributed by atoms with Crippen LogP contribution in [0, 0.1) is 17.2 Å². The van der Waals surface area contributed by atoms with E-state index >= 15 is 0 Å². The van der Waals surface area contributed by atoms with Crippen LogP contribution in [0.4, 0.5) is 0 Å². The summed E-state index contributed by atoms with van der Waals surface area (Å²) in [4.78, 5) is 12.3. The lowest BCUT2D eigenvalue weighted by atomic mass is 10.1. The molecule has 0 heterocycles. The second-order valence-corrected chi connectivity index (χ2v) is 5.34. The first-order valence-electron chi connectivity index (χ1n) is 7.66. The van der Waals surface area contributed by atoms with Gasteiger partial charge in [-0.15, -0.1) is 0 Å². The molecule has 24 heavy (non-hydrogen) atoms. The number of methoxy groups -OCH3 is 1. The Hall–Kier alpha value is -3.00. The molecule has 0 saturated heterocycles. The maximum absolute atomic E-state index is 12.3. The molecule has 0 aromatic heterocycles. The zero-order valence-corrected chi connectivity index (χ0v) is 13.7. The lowest BCUT2D eigenvalue weighted by Crippen LogP contribution is -2.35. The minimum Gasteiger partial charge on any atom is -0.496 e. The van der Waals surface area contributed by atoms with Crippen molar-refractivity contribution >= 4 is 5.91 Å². The van der Waals surface area contributed by atoms with Crippen molar-refractivity contribution < 1.29 is 14.3 Å². The minimum absolute atomic E-state index is 0.236. The van der Waals surface area contributed by atoms with Gasteiger partial charge < -0.3 is 14.8 Å². The van der Waals surface area contributed by atoms with E-state index in [1.165, 1.54) is 7.11 Å². The number of nitriles is 1. The van der Waals surface area contributed by atoms with E-state index in [2.05, 4.69) is 11.4 Å². The Morgan fingerprint density at radius 3 is 2.50 bits per heavy atom. The van der Waals surface area contributed by atoms with Crippen molar-refractivity contribution in [3.8, 4) is 17.6 Å². The van der Waals surface area contributed by atoms with E-state index in [4.69, 9.17) is 9.47 Å². The number of para-hydroxylation sites is 2. The molecule has 0 spiro atoms. The van der Waals surface area contributed by atoms with Crippen LogP contribution in [0.15, 0.2) is 54.6 Å². The average Bonchev–Trinajstić information content (AvgIpc) is 2.64. The number of amides is 1. The Labute approximate surface area is 141 Å². The summed E-state index contributed by atoms with van der Waals surface area (Å²) in [7, 11) is 1.53. The van der Waals surface area contributed by atoms with Crippen LogP contribution >= 0.6 is 0 Å². The van der Waals surface area contributed by atoms with E-state index in [0.29, 0.717) is 17.1 Å². The second kappa shape index (κ2) is 8.59. The van der Waals surface area contributed by atoms with Gasteiger partial charge in [0.25, 0.3) is 0 Å². The smallest absolute Gasteiger partial charge is 0.227 e. The normalized spacial score (nSPS) is 12.5. The standard InChI is InChI=1S/C19H20N2O3/c1-14(13-24-15-8-4-3-5-9-15)19(22)21-17(12-20)16-10-6-7-11-18(16)23-2/h3-11,14,17H,13H2,1-2H3,(H,21,22). The summed E-state index contributed by atoms with van der Waals surface area (Å²) in [6.45, 7) is 1.99. The third-order valence-electron chi connectivity index (χ3n) is 3.56. The molecule has 0 bridgehead atoms. The maximum atomic E-state index is 12.3. The fourth-order valence-corrected chi connectivity index (χ4v) is 2.18. The van der Waals surface area contributed by atoms with Gasteiger partial charge in [0, 0.05) is 5.56 Å². The topological polar surface area (TPSA) is 71.3 Å². The fourth-order valence-electron chi connectivity index (χ4n) is 2.18. The van der Waals surface area contributed by atoms with Crippen LogP contribution in [0.25, 0.3) is 0 Å². The summed E-state index contributed by atoms with van der Waals surface area (Å²) in [5.41, 5.74) is 0.632. The van der Waals surface area contributed by atoms with Crippen LogP contribution in [-0.4, -0.2) is 19.6 Å². The SMILES string of the molecule is COc1ccccc1C(C#N)NC(=O)C(C)COc1ccccc1. The molecule has 2 aromatic rings. The van der Waals surface area contributed by atoms with E-state index in [1.54, 1.807) is 25.1 Å². The predicted octanol–water partition coefficient (Wildman–Crippen LogP) is 3.09. The molecular formula is C19H20N2O3. The molecule has 1 amide bonds. The van der Waals surface area contributed by atoms with Crippen LogP contribution in [0.2, 0.25) is 0 Å². The molecule has 0 aliphatic heterocycles. The maximum Gasteiger partial charge on any atom is 0.227 e. The first kappa shape index (κ1) is 17.4. The molecule has 2 aromatic carbocycles. The van der Waals surface area contributed by atoms with Crippen molar-refractivity contribution in [1.82, 2.24) is 5.32 Å². The Kier molecular flexibility index (Phi) is 6.21. The van der Waals surface area contributed by atoms with Gasteiger partial charge in [-0.05, 0) is 18.2 Å². The van der Waals surface area contributed by atoms with E-state index in [1.807, 2.05) is 36.4 Å². The zero-order valence-electron chi connectivity index (χ0n) is 13.7. The van der Waals surface area contributed by atoms with Gasteiger partial charge in [0.1, 0.15) is 17.5 Å². The van der Waals surface area contributed by atoms with Crippen molar-refractivity contribution in [2.24, 2.45) is 5.92 Å². The average molecular weight is 324 g/mol. The molecule has 0 aliphatic carbocycles. The highest BCUT2D eigenvalue weighted by molar-refractivity contribution is 5.79. The van der Waals surface area contributed by atoms with Gasteiger partial charge in [-0.1, -0.05) is 43.3 Å². The van der Waals surface area contributed by atoms with Gasteiger partial charge in [-0.2, -0.15) is 5.26 Å². The molecule has 0 radical (unpaired) electrons. The third-order valence-corrected chi connectivity index (χ3v) is 3.56. The molecule has 2 unspecified atom stereocenters. The Balaban J connectivity index is 1.97. The molecule has 124 valence electrons. The molecule has 0 saturated carbocycles. The van der Waals surface area contributed by atoms with Gasteiger partial charge >= 0.3 is 0 Å². The van der Waals surface area contributed by atoms with Crippen LogP contribution in [0.5, 0.6) is 11.5 Å². The molecule has 1 N–H and O–H groups in total. The Morgan fingerprint density at radius 2 is 1.83 bits per heavy atom. The minimum atomic E-state index is -0.771. The lowest BCUT2D eigenvalue weighted by molar-refractivity contribution is -0.125. The molecule has 0 fully saturated rings. The van der Waals surface area contributed by atoms with Crippen molar-refractivity contribution in [3.63, 3.8) is 0 Å². The van der Waals surface area contributed by atoms with Gasteiger partial charge in [0.2, 0.25) is 5.91 Å². The molecule has 2 atom stereocenters. The lowest BCUT2D eigenvalue weighted by Gasteiger charge is -2.18. The van der Waals surface area contributed by atoms with E-state index in [-0.39, 0.29) is 12.5 Å². The first-order valence-corrected chi connectivity index (χ1v) is 7.66. The van der Waals surface area contributed by atoms with Gasteiger partial charge in [-0.3, -0.25) is 4.79 Å². The fraction of sp³-hybridized carbons (Fsp3) is 0.263. The van der Waals surface area contributed by atoms with Crippen molar-refractivity contribution in [3.05, 3.63) is 60.2 Å². The summed E-state index contributed by atoms with van der Waals surface area (Å²) >= 11 is 0. The van der Waals surface area contributed by atoms with Crippen LogP contribution in [-0.2, 0) is 4.79 Å². The number of benzene rings is 2. The number of nitrogens with one attached hydrogen (secondary N) is 1. The summed E-state index contributed by atoms with van der Waals surface area (Å²) in [6, 6.07) is 17.8. The summed E-state index contributed by atoms with van der Waals surface area (Å²) in [5.74, 6) is 0.635. The highest BCUT2D eigenvalue weighted by atomic mass is 16.5. The molecule has 5 heteroatoms. The first-order chi connectivity index (χ1) is 11.7. The Morgan fingerprint density at radius 1 is 1.17 bits per heavy atom. The quantitative estimate of drug-likeness (QED) is 0.849. The zero-order chi connectivity index (χ0) is 17.4. The van der Waals surface area contributed by atoms with Gasteiger partial charge in [0.05, 0.1) is 25.7 Å².